The summed E-state index contributed by atoms with van der Waals surface area (Å²) in [7, 11) is 0. The van der Waals surface area contributed by atoms with Gasteiger partial charge in [0.2, 0.25) is 0 Å². The van der Waals surface area contributed by atoms with Gasteiger partial charge < -0.3 is 4.84 Å². The minimum absolute atomic E-state index is 0.0663. The van der Waals surface area contributed by atoms with Crippen LogP contribution in [0.25, 0.3) is 5.65 Å². The van der Waals surface area contributed by atoms with Crippen molar-refractivity contribution in [3.05, 3.63) is 64.9 Å². The molecule has 0 unspecified atom stereocenters. The van der Waals surface area contributed by atoms with Crippen LogP contribution in [0, 0.1) is 13.8 Å². The van der Waals surface area contributed by atoms with Gasteiger partial charge in [-0.15, -0.1) is 0 Å². The van der Waals surface area contributed by atoms with Crippen molar-refractivity contribution >= 4 is 23.4 Å². The van der Waals surface area contributed by atoms with Gasteiger partial charge in [0.05, 0.1) is 11.1 Å². The molecule has 4 rings (SSSR count). The Morgan fingerprint density at radius 3 is 2.36 bits per heavy atom. The van der Waals surface area contributed by atoms with Gasteiger partial charge in [-0.2, -0.15) is 0 Å². The molecule has 3 heterocycles. The molecule has 1 aliphatic heterocycles. The molecule has 25 heavy (non-hydrogen) atoms. The highest BCUT2D eigenvalue weighted by Gasteiger charge is 2.39. The molecular weight excluding hydrogens is 324 g/mol. The normalized spacial score (nSPS) is 13.4. The Morgan fingerprint density at radius 2 is 1.72 bits per heavy atom. The second kappa shape index (κ2) is 5.23. The number of imide groups is 1. The average Bonchev–Trinajstić information content (AvgIpc) is 3.11. The van der Waals surface area contributed by atoms with Crippen LogP contribution < -0.4 is 0 Å². The second-order valence-corrected chi connectivity index (χ2v) is 5.65. The van der Waals surface area contributed by atoms with Gasteiger partial charge >= 0.3 is 5.97 Å². The number of carbonyl (C=O) groups is 3. The number of nitrogens with zero attached hydrogens (tertiary/aromatic N) is 4. The highest BCUT2D eigenvalue weighted by Crippen LogP contribution is 2.23. The van der Waals surface area contributed by atoms with Crippen LogP contribution in [-0.4, -0.2) is 37.2 Å². The lowest BCUT2D eigenvalue weighted by Crippen LogP contribution is -2.32. The molecule has 0 aliphatic carbocycles. The number of hydroxylamine groups is 2. The number of rotatable bonds is 2. The van der Waals surface area contributed by atoms with Gasteiger partial charge in [-0.25, -0.2) is 14.8 Å². The molecule has 124 valence electrons. The maximum absolute atomic E-state index is 12.5. The first-order valence-corrected chi connectivity index (χ1v) is 7.49. The summed E-state index contributed by atoms with van der Waals surface area (Å²) >= 11 is 0. The van der Waals surface area contributed by atoms with Crippen LogP contribution in [0.4, 0.5) is 0 Å². The van der Waals surface area contributed by atoms with Gasteiger partial charge in [-0.1, -0.05) is 17.2 Å². The van der Waals surface area contributed by atoms with Crippen molar-refractivity contribution in [2.45, 2.75) is 13.8 Å². The van der Waals surface area contributed by atoms with Crippen LogP contribution in [0.3, 0.4) is 0 Å². The number of aromatic nitrogens is 3. The lowest BCUT2D eigenvalue weighted by molar-refractivity contribution is -0.0586. The van der Waals surface area contributed by atoms with Crippen LogP contribution in [0.1, 0.15) is 42.6 Å². The van der Waals surface area contributed by atoms with Gasteiger partial charge in [-0.3, -0.25) is 14.0 Å². The number of carbonyl (C=O) groups excluding carboxylic acids is 3. The molecule has 2 amide bonds. The van der Waals surface area contributed by atoms with Crippen molar-refractivity contribution < 1.29 is 19.2 Å². The molecule has 0 saturated heterocycles. The maximum atomic E-state index is 12.5. The minimum Gasteiger partial charge on any atom is -0.322 e. The summed E-state index contributed by atoms with van der Waals surface area (Å²) in [6, 6.07) is 8.11. The molecule has 1 aromatic carbocycles. The first kappa shape index (κ1) is 15.0. The zero-order chi connectivity index (χ0) is 17.7. The predicted molar refractivity (Wildman–Crippen MR) is 84.8 cm³/mol. The number of fused-ring (bicyclic) bond motifs is 2. The number of hydrogen-bond donors (Lipinski definition) is 0. The van der Waals surface area contributed by atoms with Crippen molar-refractivity contribution in [3.8, 4) is 0 Å². The summed E-state index contributed by atoms with van der Waals surface area (Å²) in [5.74, 6) is -2.29. The van der Waals surface area contributed by atoms with E-state index >= 15 is 0 Å². The fourth-order valence-electron chi connectivity index (χ4n) is 2.80. The highest BCUT2D eigenvalue weighted by atomic mass is 16.7. The fourth-order valence-corrected chi connectivity index (χ4v) is 2.80. The third kappa shape index (κ3) is 2.18. The third-order valence-electron chi connectivity index (χ3n) is 3.95. The molecule has 0 atom stereocenters. The Balaban J connectivity index is 1.68. The zero-order valence-electron chi connectivity index (χ0n) is 13.4. The summed E-state index contributed by atoms with van der Waals surface area (Å²) in [6.45, 7) is 3.64. The summed E-state index contributed by atoms with van der Waals surface area (Å²) in [5, 5.41) is 0.459. The zero-order valence-corrected chi connectivity index (χ0v) is 13.4. The monoisotopic (exact) mass is 336 g/mol. The van der Waals surface area contributed by atoms with Crippen molar-refractivity contribution in [2.24, 2.45) is 0 Å². The first-order valence-electron chi connectivity index (χ1n) is 7.49. The van der Waals surface area contributed by atoms with E-state index in [9.17, 15) is 14.4 Å². The van der Waals surface area contributed by atoms with Crippen molar-refractivity contribution in [3.63, 3.8) is 0 Å². The highest BCUT2D eigenvalue weighted by molar-refractivity contribution is 6.21. The molecule has 8 nitrogen and oxygen atoms in total. The lowest BCUT2D eigenvalue weighted by Gasteiger charge is -2.11. The molecule has 0 spiro atoms. The van der Waals surface area contributed by atoms with Crippen LogP contribution >= 0.6 is 0 Å². The Morgan fingerprint density at radius 1 is 1.08 bits per heavy atom. The molecule has 2 aromatic heterocycles. The predicted octanol–water partition coefficient (Wildman–Crippen LogP) is 1.71. The first-order chi connectivity index (χ1) is 12.0. The van der Waals surface area contributed by atoms with Crippen molar-refractivity contribution in [1.29, 1.82) is 0 Å². The van der Waals surface area contributed by atoms with E-state index in [1.807, 2.05) is 13.0 Å². The van der Waals surface area contributed by atoms with E-state index in [2.05, 4.69) is 9.97 Å². The molecule has 0 bridgehead atoms. The average molecular weight is 336 g/mol. The molecule has 3 aromatic rings. The van der Waals surface area contributed by atoms with Gasteiger partial charge in [0.25, 0.3) is 11.8 Å². The summed E-state index contributed by atoms with van der Waals surface area (Å²) < 4.78 is 1.63. The number of aryl methyl sites for hydroxylation is 2. The smallest absolute Gasteiger partial charge is 0.322 e. The molecule has 8 heteroatoms. The standard InChI is InChI=1S/C17H12N4O4/c1-9-7-10(2)20-8-18-13(14(20)19-9)17(24)25-21-15(22)11-5-3-4-6-12(11)16(21)23/h3-8H,1-2H3. The van der Waals surface area contributed by atoms with Crippen LogP contribution in [-0.2, 0) is 4.84 Å². The molecule has 0 saturated carbocycles. The lowest BCUT2D eigenvalue weighted by atomic mass is 10.1. The Hall–Kier alpha value is -3.55. The van der Waals surface area contributed by atoms with E-state index in [0.29, 0.717) is 16.4 Å². The molecular formula is C17H12N4O4. The van der Waals surface area contributed by atoms with Gasteiger partial charge in [0.1, 0.15) is 6.33 Å². The summed E-state index contributed by atoms with van der Waals surface area (Å²) in [5.41, 5.74) is 2.18. The Bertz CT molecular complexity index is 1030. The largest absolute Gasteiger partial charge is 0.386 e. The maximum Gasteiger partial charge on any atom is 0.386 e. The SMILES string of the molecule is Cc1cc(C)n2cnc(C(=O)ON3C(=O)c4ccccc4C3=O)c2n1. The van der Waals surface area contributed by atoms with Crippen LogP contribution in [0.5, 0.6) is 0 Å². The van der Waals surface area contributed by atoms with E-state index < -0.39 is 17.8 Å². The van der Waals surface area contributed by atoms with Gasteiger partial charge in [-0.05, 0) is 32.0 Å². The van der Waals surface area contributed by atoms with Gasteiger partial charge in [0, 0.05) is 11.4 Å². The van der Waals surface area contributed by atoms with Crippen LogP contribution in [0.15, 0.2) is 36.7 Å². The van der Waals surface area contributed by atoms with E-state index in [-0.39, 0.29) is 16.8 Å². The molecule has 0 fully saturated rings. The van der Waals surface area contributed by atoms with Crippen molar-refractivity contribution in [1.82, 2.24) is 19.4 Å². The summed E-state index contributed by atoms with van der Waals surface area (Å²) in [4.78, 5) is 50.3. The molecule has 0 radical (unpaired) electrons. The summed E-state index contributed by atoms with van der Waals surface area (Å²) in [6.07, 6.45) is 1.44. The van der Waals surface area contributed by atoms with E-state index in [0.717, 1.165) is 5.69 Å². The Kier molecular flexibility index (Phi) is 3.14. The fraction of sp³-hybridized carbons (Fsp3) is 0.118. The number of imidazole rings is 1. The van der Waals surface area contributed by atoms with E-state index in [1.165, 1.54) is 18.5 Å². The number of benzene rings is 1. The molecule has 1 aliphatic rings. The Labute approximate surface area is 141 Å². The topological polar surface area (TPSA) is 93.9 Å². The number of amides is 2. The minimum atomic E-state index is -0.922. The van der Waals surface area contributed by atoms with Gasteiger partial charge in [0.15, 0.2) is 11.3 Å². The van der Waals surface area contributed by atoms with E-state index in [1.54, 1.807) is 23.5 Å². The van der Waals surface area contributed by atoms with Crippen LogP contribution in [0.2, 0.25) is 0 Å². The van der Waals surface area contributed by atoms with E-state index in [4.69, 9.17) is 4.84 Å². The number of hydrogen-bond acceptors (Lipinski definition) is 6. The second-order valence-electron chi connectivity index (χ2n) is 5.65. The van der Waals surface area contributed by atoms with Crippen molar-refractivity contribution in [2.75, 3.05) is 0 Å². The quantitative estimate of drug-likeness (QED) is 0.661. The third-order valence-corrected chi connectivity index (χ3v) is 3.95. The molecule has 0 N–H and O–H groups in total.